The van der Waals surface area contributed by atoms with Gasteiger partial charge < -0.3 is 15.2 Å². The van der Waals surface area contributed by atoms with Gasteiger partial charge in [-0.3, -0.25) is 4.90 Å². The molecule has 0 spiro atoms. The fourth-order valence-electron chi connectivity index (χ4n) is 2.97. The summed E-state index contributed by atoms with van der Waals surface area (Å²) in [7, 11) is 0. The molecule has 0 bridgehead atoms. The van der Waals surface area contributed by atoms with Crippen molar-refractivity contribution in [2.75, 3.05) is 32.0 Å². The highest BCUT2D eigenvalue weighted by molar-refractivity contribution is 5.90. The van der Waals surface area contributed by atoms with Crippen molar-refractivity contribution in [3.8, 4) is 5.75 Å². The first-order valence-corrected chi connectivity index (χ1v) is 9.86. The van der Waals surface area contributed by atoms with Crippen LogP contribution in [-0.4, -0.2) is 43.2 Å². The lowest BCUT2D eigenvalue weighted by Crippen LogP contribution is -2.40. The lowest BCUT2D eigenvalue weighted by Gasteiger charge is -2.30. The van der Waals surface area contributed by atoms with E-state index in [2.05, 4.69) is 39.5 Å². The van der Waals surface area contributed by atoms with Crippen LogP contribution in [0.15, 0.2) is 18.2 Å². The molecule has 0 heterocycles. The van der Waals surface area contributed by atoms with Gasteiger partial charge in [0.25, 0.3) is 0 Å². The van der Waals surface area contributed by atoms with E-state index in [0.29, 0.717) is 36.1 Å². The summed E-state index contributed by atoms with van der Waals surface area (Å²) in [5.41, 5.74) is 6.96. The summed E-state index contributed by atoms with van der Waals surface area (Å²) in [6.45, 7) is 13.6. The van der Waals surface area contributed by atoms with Crippen LogP contribution in [0.25, 0.3) is 0 Å². The molecule has 26 heavy (non-hydrogen) atoms. The number of unbranched alkanes of at least 4 members (excludes halogenated alkanes) is 1. The average Bonchev–Trinajstić information content (AvgIpc) is 2.61. The predicted molar refractivity (Wildman–Crippen MR) is 108 cm³/mol. The van der Waals surface area contributed by atoms with Crippen molar-refractivity contribution in [1.82, 2.24) is 4.90 Å². The van der Waals surface area contributed by atoms with Gasteiger partial charge in [0.05, 0.1) is 17.9 Å². The third kappa shape index (κ3) is 7.24. The van der Waals surface area contributed by atoms with Crippen LogP contribution in [0.5, 0.6) is 5.75 Å². The molecule has 5 nitrogen and oxygen atoms in total. The number of ether oxygens (including phenoxy) is 2. The molecule has 1 atom stereocenters. The fraction of sp³-hybridized carbons (Fsp3) is 0.667. The summed E-state index contributed by atoms with van der Waals surface area (Å²) >= 11 is 0. The Morgan fingerprint density at radius 3 is 2.46 bits per heavy atom. The van der Waals surface area contributed by atoms with Crippen molar-refractivity contribution >= 4 is 11.7 Å². The fourth-order valence-corrected chi connectivity index (χ4v) is 2.97. The van der Waals surface area contributed by atoms with Gasteiger partial charge in [-0.15, -0.1) is 0 Å². The van der Waals surface area contributed by atoms with E-state index in [1.165, 1.54) is 0 Å². The number of nitrogen functional groups attached to an aromatic ring is 1. The summed E-state index contributed by atoms with van der Waals surface area (Å²) in [6, 6.07) is 5.32. The molecule has 1 aromatic rings. The van der Waals surface area contributed by atoms with Crippen LogP contribution < -0.4 is 10.5 Å². The Morgan fingerprint density at radius 1 is 1.19 bits per heavy atom. The van der Waals surface area contributed by atoms with E-state index in [1.54, 1.807) is 18.2 Å². The second-order valence-electron chi connectivity index (χ2n) is 7.06. The molecule has 0 aromatic heterocycles. The average molecular weight is 365 g/mol. The van der Waals surface area contributed by atoms with Crippen molar-refractivity contribution < 1.29 is 14.3 Å². The first kappa shape index (κ1) is 22.3. The predicted octanol–water partition coefficient (Wildman–Crippen LogP) is 4.36. The van der Waals surface area contributed by atoms with E-state index in [-0.39, 0.29) is 12.0 Å². The van der Waals surface area contributed by atoms with E-state index >= 15 is 0 Å². The number of likely N-dealkylation sites (N-methyl/N-ethyl adjacent to an activating group) is 1. The topological polar surface area (TPSA) is 64.8 Å². The molecule has 0 fully saturated rings. The number of carbonyl (C=O) groups excluding carboxylic acids is 1. The molecule has 0 aliphatic heterocycles. The number of anilines is 1. The number of hydrogen-bond acceptors (Lipinski definition) is 5. The Bertz CT molecular complexity index is 542. The van der Waals surface area contributed by atoms with Gasteiger partial charge in [-0.05, 0) is 50.0 Å². The zero-order chi connectivity index (χ0) is 19.5. The molecular formula is C21H36N2O3. The Labute approximate surface area is 158 Å². The molecule has 0 saturated heterocycles. The number of carbonyl (C=O) groups is 1. The molecule has 0 amide bonds. The smallest absolute Gasteiger partial charge is 0.338 e. The van der Waals surface area contributed by atoms with Gasteiger partial charge >= 0.3 is 5.97 Å². The van der Waals surface area contributed by atoms with Crippen molar-refractivity contribution in [3.63, 3.8) is 0 Å². The minimum Gasteiger partial charge on any atom is -0.491 e. The Balaban J connectivity index is 2.74. The highest BCUT2D eigenvalue weighted by Gasteiger charge is 2.20. The van der Waals surface area contributed by atoms with Crippen LogP contribution >= 0.6 is 0 Å². The zero-order valence-corrected chi connectivity index (χ0v) is 17.1. The number of hydrogen-bond donors (Lipinski definition) is 1. The Morgan fingerprint density at radius 2 is 1.88 bits per heavy atom. The van der Waals surface area contributed by atoms with Crippen LogP contribution in [-0.2, 0) is 4.74 Å². The molecule has 148 valence electrons. The largest absolute Gasteiger partial charge is 0.491 e. The monoisotopic (exact) mass is 364 g/mol. The van der Waals surface area contributed by atoms with Gasteiger partial charge in [0.2, 0.25) is 0 Å². The van der Waals surface area contributed by atoms with Crippen LogP contribution in [0.3, 0.4) is 0 Å². The van der Waals surface area contributed by atoms with Gasteiger partial charge in [0.1, 0.15) is 12.4 Å². The van der Waals surface area contributed by atoms with Gasteiger partial charge in [-0.25, -0.2) is 4.79 Å². The van der Waals surface area contributed by atoms with Crippen molar-refractivity contribution in [1.29, 1.82) is 0 Å². The molecular weight excluding hydrogens is 328 g/mol. The molecule has 1 aromatic carbocycles. The maximum atomic E-state index is 12.5. The lowest BCUT2D eigenvalue weighted by molar-refractivity contribution is 0.0330. The summed E-state index contributed by atoms with van der Waals surface area (Å²) in [6.07, 6.45) is 3.00. The molecule has 0 unspecified atom stereocenters. The van der Waals surface area contributed by atoms with E-state index in [4.69, 9.17) is 15.2 Å². The van der Waals surface area contributed by atoms with Gasteiger partial charge in [-0.1, -0.05) is 41.0 Å². The Kier molecular flexibility index (Phi) is 10.1. The zero-order valence-electron chi connectivity index (χ0n) is 17.1. The first-order valence-electron chi connectivity index (χ1n) is 9.86. The number of nitrogens with zero attached hydrogens (tertiary/aromatic N) is 1. The molecule has 0 radical (unpaired) electrons. The van der Waals surface area contributed by atoms with Crippen LogP contribution in [0.4, 0.5) is 5.69 Å². The molecule has 0 saturated carbocycles. The standard InChI is InChI=1S/C21H36N2O3/c1-6-9-12-25-20-14-17(10-11-19(20)22)21(24)26-15-18(13-16(4)5)23(7-2)8-3/h10-11,14,16,18H,6-9,12-13,15,22H2,1-5H3/t18-/m0/s1. The number of benzene rings is 1. The van der Waals surface area contributed by atoms with Crippen LogP contribution in [0.2, 0.25) is 0 Å². The van der Waals surface area contributed by atoms with Gasteiger partial charge in [0, 0.05) is 6.04 Å². The maximum absolute atomic E-state index is 12.5. The maximum Gasteiger partial charge on any atom is 0.338 e. The number of esters is 1. The molecule has 5 heteroatoms. The highest BCUT2D eigenvalue weighted by Crippen LogP contribution is 2.24. The summed E-state index contributed by atoms with van der Waals surface area (Å²) in [4.78, 5) is 14.8. The van der Waals surface area contributed by atoms with Crippen molar-refractivity contribution in [2.24, 2.45) is 5.92 Å². The number of rotatable bonds is 12. The van der Waals surface area contributed by atoms with E-state index in [9.17, 15) is 4.79 Å². The second kappa shape index (κ2) is 11.8. The van der Waals surface area contributed by atoms with Crippen molar-refractivity contribution in [3.05, 3.63) is 23.8 Å². The normalized spacial score (nSPS) is 12.4. The molecule has 0 aliphatic carbocycles. The first-order chi connectivity index (χ1) is 12.4. The molecule has 2 N–H and O–H groups in total. The van der Waals surface area contributed by atoms with Crippen LogP contribution in [0.1, 0.15) is 64.2 Å². The lowest BCUT2D eigenvalue weighted by atomic mass is 10.0. The summed E-state index contributed by atoms with van der Waals surface area (Å²) in [5.74, 6) is 0.774. The quantitative estimate of drug-likeness (QED) is 0.339. The van der Waals surface area contributed by atoms with Gasteiger partial charge in [-0.2, -0.15) is 0 Å². The van der Waals surface area contributed by atoms with E-state index in [1.807, 2.05) is 0 Å². The summed E-state index contributed by atoms with van der Waals surface area (Å²) < 4.78 is 11.3. The molecule has 1 rings (SSSR count). The van der Waals surface area contributed by atoms with Gasteiger partial charge in [0.15, 0.2) is 0 Å². The van der Waals surface area contributed by atoms with E-state index in [0.717, 1.165) is 32.4 Å². The highest BCUT2D eigenvalue weighted by atomic mass is 16.5. The minimum absolute atomic E-state index is 0.239. The van der Waals surface area contributed by atoms with E-state index < -0.39 is 0 Å². The minimum atomic E-state index is -0.328. The molecule has 0 aliphatic rings. The Hall–Kier alpha value is -1.75. The second-order valence-corrected chi connectivity index (χ2v) is 7.06. The van der Waals surface area contributed by atoms with Crippen LogP contribution in [0, 0.1) is 5.92 Å². The van der Waals surface area contributed by atoms with Crippen molar-refractivity contribution in [2.45, 2.75) is 59.9 Å². The third-order valence-electron chi connectivity index (χ3n) is 4.48. The number of nitrogens with two attached hydrogens (primary N) is 1. The SMILES string of the molecule is CCCCOc1cc(C(=O)OC[C@H](CC(C)C)N(CC)CC)ccc1N. The third-order valence-corrected chi connectivity index (χ3v) is 4.48. The summed E-state index contributed by atoms with van der Waals surface area (Å²) in [5, 5.41) is 0.